The molecule has 0 saturated carbocycles. The van der Waals surface area contributed by atoms with Crippen LogP contribution in [0.4, 0.5) is 5.69 Å². The summed E-state index contributed by atoms with van der Waals surface area (Å²) in [4.78, 5) is 2.33. The molecule has 0 bridgehead atoms. The molecule has 0 saturated heterocycles. The molecule has 20 heavy (non-hydrogen) atoms. The predicted octanol–water partition coefficient (Wildman–Crippen LogP) is 2.97. The van der Waals surface area contributed by atoms with Gasteiger partial charge in [0.05, 0.1) is 25.0 Å². The van der Waals surface area contributed by atoms with E-state index in [2.05, 4.69) is 17.1 Å². The monoisotopic (exact) mass is 272 g/mol. The topological polar surface area (TPSA) is 37.6 Å². The Morgan fingerprint density at radius 2 is 2.15 bits per heavy atom. The summed E-state index contributed by atoms with van der Waals surface area (Å²) in [7, 11) is 0. The van der Waals surface area contributed by atoms with Crippen LogP contribution >= 0.6 is 0 Å². The molecule has 0 fully saturated rings. The smallest absolute Gasteiger partial charge is 0.142 e. The fraction of sp³-hybridized carbons (Fsp3) is 0.375. The molecule has 1 unspecified atom stereocenters. The molecule has 1 aromatic heterocycles. The molecule has 1 aliphatic heterocycles. The SMILES string of the molecule is CCN(Cc1ccco1)CC1CNc2ccccc2O1. The van der Waals surface area contributed by atoms with Gasteiger partial charge in [-0.3, -0.25) is 4.90 Å². The van der Waals surface area contributed by atoms with E-state index < -0.39 is 0 Å². The van der Waals surface area contributed by atoms with E-state index in [1.54, 1.807) is 6.26 Å². The van der Waals surface area contributed by atoms with Crippen LogP contribution in [0.3, 0.4) is 0 Å². The highest BCUT2D eigenvalue weighted by Gasteiger charge is 2.21. The Bertz CT molecular complexity index is 539. The number of rotatable bonds is 5. The lowest BCUT2D eigenvalue weighted by atomic mass is 10.2. The molecule has 106 valence electrons. The maximum atomic E-state index is 6.05. The molecule has 2 heterocycles. The Balaban J connectivity index is 1.60. The molecule has 0 spiro atoms. The minimum absolute atomic E-state index is 0.166. The van der Waals surface area contributed by atoms with Gasteiger partial charge in [0.25, 0.3) is 0 Å². The molecule has 0 amide bonds. The van der Waals surface area contributed by atoms with Crippen molar-refractivity contribution >= 4 is 5.69 Å². The molecule has 0 radical (unpaired) electrons. The van der Waals surface area contributed by atoms with E-state index >= 15 is 0 Å². The zero-order valence-electron chi connectivity index (χ0n) is 11.7. The largest absolute Gasteiger partial charge is 0.485 e. The van der Waals surface area contributed by atoms with Crippen molar-refractivity contribution in [1.82, 2.24) is 4.90 Å². The van der Waals surface area contributed by atoms with Crippen LogP contribution in [0.5, 0.6) is 5.75 Å². The summed E-state index contributed by atoms with van der Waals surface area (Å²) in [5.41, 5.74) is 1.08. The van der Waals surface area contributed by atoms with Gasteiger partial charge in [-0.05, 0) is 30.8 Å². The van der Waals surface area contributed by atoms with Gasteiger partial charge in [0.2, 0.25) is 0 Å². The minimum atomic E-state index is 0.166. The number of fused-ring (bicyclic) bond motifs is 1. The first-order valence-electron chi connectivity index (χ1n) is 7.09. The Morgan fingerprint density at radius 3 is 2.95 bits per heavy atom. The lowest BCUT2D eigenvalue weighted by Gasteiger charge is -2.31. The molecule has 1 aliphatic rings. The van der Waals surface area contributed by atoms with Crippen molar-refractivity contribution in [2.75, 3.05) is 25.0 Å². The number of hydrogen-bond donors (Lipinski definition) is 1. The molecule has 4 heteroatoms. The van der Waals surface area contributed by atoms with Gasteiger partial charge in [-0.1, -0.05) is 19.1 Å². The first-order valence-corrected chi connectivity index (χ1v) is 7.09. The number of ether oxygens (including phenoxy) is 1. The van der Waals surface area contributed by atoms with Crippen molar-refractivity contribution < 1.29 is 9.15 Å². The molecule has 1 N–H and O–H groups in total. The Kier molecular flexibility index (Phi) is 3.92. The van der Waals surface area contributed by atoms with Crippen LogP contribution in [0.1, 0.15) is 12.7 Å². The number of furan rings is 1. The molecule has 1 aromatic carbocycles. The van der Waals surface area contributed by atoms with Gasteiger partial charge in [0.1, 0.15) is 17.6 Å². The van der Waals surface area contributed by atoms with Crippen LogP contribution in [0.15, 0.2) is 47.1 Å². The molecule has 3 rings (SSSR count). The van der Waals surface area contributed by atoms with Crippen molar-refractivity contribution in [3.63, 3.8) is 0 Å². The van der Waals surface area contributed by atoms with Crippen molar-refractivity contribution in [2.24, 2.45) is 0 Å². The third-order valence-corrected chi connectivity index (χ3v) is 3.57. The van der Waals surface area contributed by atoms with Crippen LogP contribution < -0.4 is 10.1 Å². The second-order valence-corrected chi connectivity index (χ2v) is 5.02. The van der Waals surface area contributed by atoms with Crippen LogP contribution in [-0.4, -0.2) is 30.6 Å². The van der Waals surface area contributed by atoms with Crippen molar-refractivity contribution in [3.05, 3.63) is 48.4 Å². The zero-order chi connectivity index (χ0) is 13.8. The summed E-state index contributed by atoms with van der Waals surface area (Å²) in [6.45, 7) is 5.69. The third-order valence-electron chi connectivity index (χ3n) is 3.57. The number of hydrogen-bond acceptors (Lipinski definition) is 4. The van der Waals surface area contributed by atoms with E-state index in [1.165, 1.54) is 0 Å². The highest BCUT2D eigenvalue weighted by molar-refractivity contribution is 5.57. The van der Waals surface area contributed by atoms with Gasteiger partial charge < -0.3 is 14.5 Å². The minimum Gasteiger partial charge on any atom is -0.485 e. The van der Waals surface area contributed by atoms with Crippen LogP contribution in [0.2, 0.25) is 0 Å². The van der Waals surface area contributed by atoms with Crippen molar-refractivity contribution in [3.8, 4) is 5.75 Å². The summed E-state index contributed by atoms with van der Waals surface area (Å²) in [5.74, 6) is 1.94. The molecule has 2 aromatic rings. The Hall–Kier alpha value is -1.94. The average molecular weight is 272 g/mol. The van der Waals surface area contributed by atoms with Crippen molar-refractivity contribution in [1.29, 1.82) is 0 Å². The van der Waals surface area contributed by atoms with Gasteiger partial charge in [-0.2, -0.15) is 0 Å². The second-order valence-electron chi connectivity index (χ2n) is 5.02. The maximum absolute atomic E-state index is 6.05. The first-order chi connectivity index (χ1) is 9.85. The van der Waals surface area contributed by atoms with E-state index in [1.807, 2.05) is 36.4 Å². The van der Waals surface area contributed by atoms with Crippen molar-refractivity contribution in [2.45, 2.75) is 19.6 Å². The van der Waals surface area contributed by atoms with Gasteiger partial charge in [-0.15, -0.1) is 0 Å². The molecule has 4 nitrogen and oxygen atoms in total. The van der Waals surface area contributed by atoms with E-state index in [4.69, 9.17) is 9.15 Å². The highest BCUT2D eigenvalue weighted by atomic mass is 16.5. The summed E-state index contributed by atoms with van der Waals surface area (Å²) in [6, 6.07) is 12.0. The molecular formula is C16H20N2O2. The fourth-order valence-corrected chi connectivity index (χ4v) is 2.48. The lowest BCUT2D eigenvalue weighted by molar-refractivity contribution is 0.130. The first kappa shape index (κ1) is 13.1. The van der Waals surface area contributed by atoms with Crippen LogP contribution in [0, 0.1) is 0 Å². The van der Waals surface area contributed by atoms with Gasteiger partial charge in [0, 0.05) is 6.54 Å². The van der Waals surface area contributed by atoms with Gasteiger partial charge in [-0.25, -0.2) is 0 Å². The van der Waals surface area contributed by atoms with Crippen LogP contribution in [0.25, 0.3) is 0 Å². The third kappa shape index (κ3) is 2.96. The van der Waals surface area contributed by atoms with Gasteiger partial charge >= 0.3 is 0 Å². The quantitative estimate of drug-likeness (QED) is 0.908. The lowest BCUT2D eigenvalue weighted by Crippen LogP contribution is -2.41. The van der Waals surface area contributed by atoms with Crippen LogP contribution in [-0.2, 0) is 6.54 Å². The normalized spacial score (nSPS) is 17.4. The summed E-state index contributed by atoms with van der Waals surface area (Å²) in [5, 5.41) is 3.43. The number of nitrogens with one attached hydrogen (secondary N) is 1. The maximum Gasteiger partial charge on any atom is 0.142 e. The number of anilines is 1. The fourth-order valence-electron chi connectivity index (χ4n) is 2.48. The molecule has 0 aliphatic carbocycles. The predicted molar refractivity (Wildman–Crippen MR) is 79.0 cm³/mol. The number of benzene rings is 1. The van der Waals surface area contributed by atoms with E-state index in [0.29, 0.717) is 0 Å². The van der Waals surface area contributed by atoms with Gasteiger partial charge in [0.15, 0.2) is 0 Å². The Morgan fingerprint density at radius 1 is 1.25 bits per heavy atom. The highest BCUT2D eigenvalue weighted by Crippen LogP contribution is 2.28. The summed E-state index contributed by atoms with van der Waals surface area (Å²) < 4.78 is 11.5. The van der Waals surface area contributed by atoms with E-state index in [-0.39, 0.29) is 6.10 Å². The Labute approximate surface area is 119 Å². The average Bonchev–Trinajstić information content (AvgIpc) is 2.99. The van der Waals surface area contributed by atoms with E-state index in [9.17, 15) is 0 Å². The molecular weight excluding hydrogens is 252 g/mol. The number of likely N-dealkylation sites (N-methyl/N-ethyl adjacent to an activating group) is 1. The number of para-hydroxylation sites is 2. The molecule has 1 atom stereocenters. The standard InChI is InChI=1S/C16H20N2O2/c1-2-18(11-13-6-5-9-19-13)12-14-10-17-15-7-3-4-8-16(15)20-14/h3-9,14,17H,2,10-12H2,1H3. The summed E-state index contributed by atoms with van der Waals surface area (Å²) in [6.07, 6.45) is 1.89. The second kappa shape index (κ2) is 6.01. The van der Waals surface area contributed by atoms with E-state index in [0.717, 1.165) is 43.4 Å². The summed E-state index contributed by atoms with van der Waals surface area (Å²) >= 11 is 0. The zero-order valence-corrected chi connectivity index (χ0v) is 11.7. The number of nitrogens with zero attached hydrogens (tertiary/aromatic N) is 1.